The topological polar surface area (TPSA) is 104 Å². The molecule has 2 N–H and O–H groups in total. The first-order chi connectivity index (χ1) is 15.9. The SMILES string of the molecule is CC1(C)Oc2ccc(C#N)cc2[C@H](NCCc2cc(-c3nc4ccccc4o3)ccn2)[C@H]1O. The minimum absolute atomic E-state index is 0.364. The van der Waals surface area contributed by atoms with Gasteiger partial charge in [0.05, 0.1) is 17.7 Å². The number of aliphatic hydroxyl groups is 1. The molecule has 1 aliphatic rings. The molecule has 0 aliphatic carbocycles. The van der Waals surface area contributed by atoms with E-state index >= 15 is 0 Å². The molecule has 3 heterocycles. The van der Waals surface area contributed by atoms with Crippen LogP contribution in [0.1, 0.15) is 36.7 Å². The third kappa shape index (κ3) is 4.07. The van der Waals surface area contributed by atoms with Crippen molar-refractivity contribution in [2.24, 2.45) is 0 Å². The van der Waals surface area contributed by atoms with Crippen molar-refractivity contribution in [2.45, 2.75) is 38.0 Å². The molecule has 2 atom stereocenters. The van der Waals surface area contributed by atoms with Crippen LogP contribution in [-0.2, 0) is 6.42 Å². The molecule has 166 valence electrons. The van der Waals surface area contributed by atoms with Crippen LogP contribution < -0.4 is 10.1 Å². The van der Waals surface area contributed by atoms with Crippen LogP contribution in [0.15, 0.2) is 65.2 Å². The lowest BCUT2D eigenvalue weighted by Gasteiger charge is -2.42. The van der Waals surface area contributed by atoms with E-state index in [0.717, 1.165) is 27.9 Å². The molecule has 1 aliphatic heterocycles. The Bertz CT molecular complexity index is 1320. The number of aromatic nitrogens is 2. The third-order valence-electron chi connectivity index (χ3n) is 5.98. The highest BCUT2D eigenvalue weighted by molar-refractivity contribution is 5.75. The number of hydrogen-bond acceptors (Lipinski definition) is 7. The predicted octanol–water partition coefficient (Wildman–Crippen LogP) is 4.17. The van der Waals surface area contributed by atoms with Gasteiger partial charge in [-0.05, 0) is 56.3 Å². The highest BCUT2D eigenvalue weighted by Gasteiger charge is 2.42. The Kier molecular flexibility index (Phi) is 5.33. The van der Waals surface area contributed by atoms with Gasteiger partial charge in [0.2, 0.25) is 5.89 Å². The molecule has 0 spiro atoms. The fourth-order valence-electron chi connectivity index (χ4n) is 4.19. The molecular formula is C26H24N4O3. The van der Waals surface area contributed by atoms with E-state index in [-0.39, 0.29) is 6.04 Å². The van der Waals surface area contributed by atoms with E-state index in [4.69, 9.17) is 9.15 Å². The number of pyridine rings is 1. The number of nitrogens with zero attached hydrogens (tertiary/aromatic N) is 3. The molecule has 0 saturated carbocycles. The van der Waals surface area contributed by atoms with Gasteiger partial charge >= 0.3 is 0 Å². The predicted molar refractivity (Wildman–Crippen MR) is 124 cm³/mol. The number of fused-ring (bicyclic) bond motifs is 2. The second kappa shape index (κ2) is 8.32. The maximum absolute atomic E-state index is 11.0. The monoisotopic (exact) mass is 440 g/mol. The summed E-state index contributed by atoms with van der Waals surface area (Å²) in [6, 6.07) is 18.6. The van der Waals surface area contributed by atoms with Crippen LogP contribution in [0, 0.1) is 11.3 Å². The molecule has 7 heteroatoms. The Hall–Kier alpha value is -3.73. The molecule has 5 rings (SSSR count). The lowest BCUT2D eigenvalue weighted by atomic mass is 9.86. The van der Waals surface area contributed by atoms with E-state index in [1.165, 1.54) is 0 Å². The molecule has 0 bridgehead atoms. The fraction of sp³-hybridized carbons (Fsp3) is 0.269. The third-order valence-corrected chi connectivity index (χ3v) is 5.98. The van der Waals surface area contributed by atoms with Crippen molar-refractivity contribution in [3.63, 3.8) is 0 Å². The Morgan fingerprint density at radius 3 is 2.82 bits per heavy atom. The average Bonchev–Trinajstić information content (AvgIpc) is 3.26. The normalized spacial score (nSPS) is 19.0. The lowest BCUT2D eigenvalue weighted by Crippen LogP contribution is -2.52. The number of aliphatic hydroxyl groups excluding tert-OH is 1. The second-order valence-electron chi connectivity index (χ2n) is 8.72. The molecule has 0 fully saturated rings. The summed E-state index contributed by atoms with van der Waals surface area (Å²) in [5, 5.41) is 23.7. The summed E-state index contributed by atoms with van der Waals surface area (Å²) in [5.74, 6) is 1.24. The summed E-state index contributed by atoms with van der Waals surface area (Å²) in [4.78, 5) is 9.04. The number of nitriles is 1. The van der Waals surface area contributed by atoms with Crippen LogP contribution >= 0.6 is 0 Å². The van der Waals surface area contributed by atoms with Gasteiger partial charge in [0.15, 0.2) is 5.58 Å². The zero-order valence-electron chi connectivity index (χ0n) is 18.4. The lowest BCUT2D eigenvalue weighted by molar-refractivity contribution is -0.0644. The molecule has 7 nitrogen and oxygen atoms in total. The first-order valence-corrected chi connectivity index (χ1v) is 10.9. The van der Waals surface area contributed by atoms with Crippen LogP contribution in [0.3, 0.4) is 0 Å². The van der Waals surface area contributed by atoms with Gasteiger partial charge in [-0.3, -0.25) is 4.98 Å². The van der Waals surface area contributed by atoms with Crippen molar-refractivity contribution in [1.82, 2.24) is 15.3 Å². The number of rotatable bonds is 5. The first kappa shape index (κ1) is 21.1. The maximum atomic E-state index is 11.0. The van der Waals surface area contributed by atoms with Crippen LogP contribution in [0.4, 0.5) is 0 Å². The molecule has 0 unspecified atom stereocenters. The van der Waals surface area contributed by atoms with Crippen LogP contribution in [0.25, 0.3) is 22.6 Å². The van der Waals surface area contributed by atoms with Crippen molar-refractivity contribution in [1.29, 1.82) is 5.26 Å². The van der Waals surface area contributed by atoms with E-state index in [2.05, 4.69) is 21.4 Å². The van der Waals surface area contributed by atoms with Gasteiger partial charge in [-0.15, -0.1) is 0 Å². The molecule has 0 radical (unpaired) electrons. The van der Waals surface area contributed by atoms with E-state index in [9.17, 15) is 10.4 Å². The highest BCUT2D eigenvalue weighted by Crippen LogP contribution is 2.40. The molecule has 2 aromatic heterocycles. The number of ether oxygens (including phenoxy) is 1. The fourth-order valence-corrected chi connectivity index (χ4v) is 4.19. The first-order valence-electron chi connectivity index (χ1n) is 10.9. The van der Waals surface area contributed by atoms with Gasteiger partial charge in [-0.2, -0.15) is 5.26 Å². The number of para-hydroxylation sites is 2. The average molecular weight is 441 g/mol. The standard InChI is InChI=1S/C26H24N4O3/c1-26(2)24(31)23(19-13-16(15-27)7-8-21(19)33-26)29-12-10-18-14-17(9-11-28-18)25-30-20-5-3-4-6-22(20)32-25/h3-9,11,13-14,23-24,29,31H,10,12H2,1-2H3/t23-,24+/m0/s1. The van der Waals surface area contributed by atoms with Crippen molar-refractivity contribution in [3.8, 4) is 23.3 Å². The minimum atomic E-state index is -0.780. The second-order valence-corrected chi connectivity index (χ2v) is 8.72. The van der Waals surface area contributed by atoms with Gasteiger partial charge in [0.1, 0.15) is 23.0 Å². The summed E-state index contributed by atoms with van der Waals surface area (Å²) in [7, 11) is 0. The molecule has 0 saturated heterocycles. The summed E-state index contributed by atoms with van der Waals surface area (Å²) < 4.78 is 11.9. The highest BCUT2D eigenvalue weighted by atomic mass is 16.5. The Labute approximate surface area is 191 Å². The van der Waals surface area contributed by atoms with Gasteiger partial charge in [0, 0.05) is 36.0 Å². The van der Waals surface area contributed by atoms with Crippen molar-refractivity contribution in [3.05, 3.63) is 77.6 Å². The number of oxazole rings is 1. The maximum Gasteiger partial charge on any atom is 0.227 e. The van der Waals surface area contributed by atoms with E-state index in [1.807, 2.05) is 50.2 Å². The van der Waals surface area contributed by atoms with E-state index in [1.54, 1.807) is 24.4 Å². The molecule has 0 amide bonds. The minimum Gasteiger partial charge on any atom is -0.485 e. The van der Waals surface area contributed by atoms with Crippen molar-refractivity contribution in [2.75, 3.05) is 6.54 Å². The van der Waals surface area contributed by atoms with Crippen molar-refractivity contribution < 1.29 is 14.3 Å². The molecule has 4 aromatic rings. The number of benzene rings is 2. The Morgan fingerprint density at radius 1 is 1.15 bits per heavy atom. The van der Waals surface area contributed by atoms with Crippen LogP contribution in [0.5, 0.6) is 5.75 Å². The van der Waals surface area contributed by atoms with E-state index in [0.29, 0.717) is 30.2 Å². The van der Waals surface area contributed by atoms with Gasteiger partial charge in [-0.25, -0.2) is 4.98 Å². The van der Waals surface area contributed by atoms with Crippen LogP contribution in [-0.4, -0.2) is 33.3 Å². The summed E-state index contributed by atoms with van der Waals surface area (Å²) in [6.45, 7) is 4.30. The summed E-state index contributed by atoms with van der Waals surface area (Å²) in [5.41, 5.74) is 3.88. The quantitative estimate of drug-likeness (QED) is 0.480. The largest absolute Gasteiger partial charge is 0.485 e. The van der Waals surface area contributed by atoms with Crippen LogP contribution in [0.2, 0.25) is 0 Å². The van der Waals surface area contributed by atoms with Gasteiger partial charge in [-0.1, -0.05) is 12.1 Å². The van der Waals surface area contributed by atoms with Crippen molar-refractivity contribution >= 4 is 11.1 Å². The Morgan fingerprint density at radius 2 is 2.00 bits per heavy atom. The molecular weight excluding hydrogens is 416 g/mol. The zero-order chi connectivity index (χ0) is 23.0. The summed E-state index contributed by atoms with van der Waals surface area (Å²) in [6.07, 6.45) is 1.62. The van der Waals surface area contributed by atoms with Gasteiger partial charge < -0.3 is 19.6 Å². The van der Waals surface area contributed by atoms with Gasteiger partial charge in [0.25, 0.3) is 0 Å². The number of nitrogens with one attached hydrogen (secondary N) is 1. The van der Waals surface area contributed by atoms with E-state index < -0.39 is 11.7 Å². The number of hydrogen-bond donors (Lipinski definition) is 2. The molecule has 33 heavy (non-hydrogen) atoms. The molecule has 2 aromatic carbocycles. The summed E-state index contributed by atoms with van der Waals surface area (Å²) >= 11 is 0. The smallest absolute Gasteiger partial charge is 0.227 e. The zero-order valence-corrected chi connectivity index (χ0v) is 18.4. The Balaban J connectivity index is 1.33.